The van der Waals surface area contributed by atoms with Crippen LogP contribution in [0.5, 0.6) is 0 Å². The lowest BCUT2D eigenvalue weighted by atomic mass is 10.2. The second-order valence-electron chi connectivity index (χ2n) is 6.07. The minimum atomic E-state index is -3.56. The van der Waals surface area contributed by atoms with Gasteiger partial charge in [0, 0.05) is 25.3 Å². The van der Waals surface area contributed by atoms with Gasteiger partial charge in [-0.05, 0) is 36.4 Å². The normalized spacial score (nSPS) is 11.0. The van der Waals surface area contributed by atoms with Gasteiger partial charge in [0.05, 0.1) is 4.90 Å². The van der Waals surface area contributed by atoms with Gasteiger partial charge in [0.25, 0.3) is 11.8 Å². The first-order valence-corrected chi connectivity index (χ1v) is 9.95. The molecule has 2 aromatic rings. The van der Waals surface area contributed by atoms with Crippen LogP contribution in [0.4, 0.5) is 5.69 Å². The lowest BCUT2D eigenvalue weighted by Gasteiger charge is -2.12. The van der Waals surface area contributed by atoms with E-state index in [0.717, 1.165) is 4.31 Å². The third-order valence-corrected chi connectivity index (χ3v) is 5.54. The van der Waals surface area contributed by atoms with Crippen molar-refractivity contribution in [2.24, 2.45) is 0 Å². The van der Waals surface area contributed by atoms with Gasteiger partial charge in [-0.25, -0.2) is 12.7 Å². The number of carbonyl (C=O) groups is 3. The van der Waals surface area contributed by atoms with Crippen LogP contribution in [0, 0.1) is 0 Å². The maximum atomic E-state index is 12.0. The summed E-state index contributed by atoms with van der Waals surface area (Å²) in [4.78, 5) is 35.4. The summed E-state index contributed by atoms with van der Waals surface area (Å²) in [5.41, 5.74) is 0.749. The van der Waals surface area contributed by atoms with E-state index in [1.807, 2.05) is 0 Å². The van der Waals surface area contributed by atoms with E-state index in [-0.39, 0.29) is 11.4 Å². The lowest BCUT2D eigenvalue weighted by Crippen LogP contribution is -2.32. The quantitative estimate of drug-likeness (QED) is 0.612. The van der Waals surface area contributed by atoms with Crippen LogP contribution in [0.3, 0.4) is 0 Å². The monoisotopic (exact) mass is 419 g/mol. The van der Waals surface area contributed by atoms with Gasteiger partial charge in [-0.2, -0.15) is 0 Å². The van der Waals surface area contributed by atoms with E-state index in [9.17, 15) is 22.8 Å². The molecule has 29 heavy (non-hydrogen) atoms. The molecule has 0 aliphatic heterocycles. The van der Waals surface area contributed by atoms with Crippen molar-refractivity contribution in [1.82, 2.24) is 9.62 Å². The summed E-state index contributed by atoms with van der Waals surface area (Å²) in [6.07, 6.45) is 0. The summed E-state index contributed by atoms with van der Waals surface area (Å²) < 4.78 is 29.9. The van der Waals surface area contributed by atoms with E-state index >= 15 is 0 Å². The van der Waals surface area contributed by atoms with Crippen LogP contribution in [0.1, 0.15) is 10.4 Å². The molecule has 0 saturated heterocycles. The van der Waals surface area contributed by atoms with Gasteiger partial charge in [-0.3, -0.25) is 14.4 Å². The summed E-state index contributed by atoms with van der Waals surface area (Å²) in [6.45, 7) is -0.921. The number of anilines is 1. The molecule has 2 rings (SSSR count). The molecule has 0 aliphatic carbocycles. The molecule has 0 radical (unpaired) electrons. The van der Waals surface area contributed by atoms with Gasteiger partial charge in [0.2, 0.25) is 10.0 Å². The zero-order valence-corrected chi connectivity index (χ0v) is 16.7. The number of rotatable bonds is 8. The molecule has 9 nitrogen and oxygen atoms in total. The number of ether oxygens (including phenoxy) is 1. The van der Waals surface area contributed by atoms with E-state index in [0.29, 0.717) is 11.3 Å². The van der Waals surface area contributed by atoms with Crippen LogP contribution in [-0.2, 0) is 24.3 Å². The van der Waals surface area contributed by atoms with Crippen LogP contribution in [0.15, 0.2) is 59.5 Å². The van der Waals surface area contributed by atoms with Gasteiger partial charge >= 0.3 is 5.97 Å². The number of sulfonamides is 1. The zero-order valence-electron chi connectivity index (χ0n) is 15.9. The highest BCUT2D eigenvalue weighted by atomic mass is 32.2. The van der Waals surface area contributed by atoms with Gasteiger partial charge in [-0.1, -0.05) is 18.2 Å². The van der Waals surface area contributed by atoms with E-state index in [1.165, 1.54) is 38.4 Å². The Bertz CT molecular complexity index is 973. The van der Waals surface area contributed by atoms with Crippen LogP contribution < -0.4 is 10.6 Å². The zero-order chi connectivity index (χ0) is 21.4. The van der Waals surface area contributed by atoms with Crippen molar-refractivity contribution in [1.29, 1.82) is 0 Å². The molecule has 154 valence electrons. The highest BCUT2D eigenvalue weighted by Crippen LogP contribution is 2.16. The van der Waals surface area contributed by atoms with Gasteiger partial charge in [0.15, 0.2) is 6.61 Å². The van der Waals surface area contributed by atoms with Crippen molar-refractivity contribution in [3.05, 3.63) is 60.2 Å². The fourth-order valence-electron chi connectivity index (χ4n) is 2.16. The SMILES string of the molecule is CN(C)S(=O)(=O)c1ccc(NC(=O)COC(=O)CNC(=O)c2ccccc2)cc1. The maximum Gasteiger partial charge on any atom is 0.325 e. The number of amides is 2. The Hall–Kier alpha value is -3.24. The van der Waals surface area contributed by atoms with E-state index < -0.39 is 34.4 Å². The predicted molar refractivity (Wildman–Crippen MR) is 106 cm³/mol. The molecule has 0 fully saturated rings. The van der Waals surface area contributed by atoms with Gasteiger partial charge in [0.1, 0.15) is 6.54 Å². The molecule has 0 atom stereocenters. The number of benzene rings is 2. The van der Waals surface area contributed by atoms with Crippen molar-refractivity contribution in [2.75, 3.05) is 32.6 Å². The Morgan fingerprint density at radius 3 is 2.17 bits per heavy atom. The smallest absolute Gasteiger partial charge is 0.325 e. The van der Waals surface area contributed by atoms with Gasteiger partial charge < -0.3 is 15.4 Å². The van der Waals surface area contributed by atoms with Crippen LogP contribution in [0.2, 0.25) is 0 Å². The van der Waals surface area contributed by atoms with Crippen LogP contribution in [-0.4, -0.2) is 57.8 Å². The third kappa shape index (κ3) is 6.40. The molecule has 0 bridgehead atoms. The summed E-state index contributed by atoms with van der Waals surface area (Å²) >= 11 is 0. The van der Waals surface area contributed by atoms with Crippen molar-refractivity contribution >= 4 is 33.5 Å². The molecule has 0 saturated carbocycles. The Labute approximate surface area is 168 Å². The molecule has 0 aliphatic rings. The minimum Gasteiger partial charge on any atom is -0.454 e. The van der Waals surface area contributed by atoms with Crippen molar-refractivity contribution < 1.29 is 27.5 Å². The lowest BCUT2D eigenvalue weighted by molar-refractivity contribution is -0.146. The molecule has 0 aromatic heterocycles. The first-order chi connectivity index (χ1) is 13.7. The fourth-order valence-corrected chi connectivity index (χ4v) is 3.06. The average molecular weight is 419 g/mol. The Morgan fingerprint density at radius 2 is 1.59 bits per heavy atom. The molecule has 2 amide bonds. The molecular weight excluding hydrogens is 398 g/mol. The summed E-state index contributed by atoms with van der Waals surface area (Å²) in [6, 6.07) is 13.9. The predicted octanol–water partition coefficient (Wildman–Crippen LogP) is 0.849. The van der Waals surface area contributed by atoms with Crippen molar-refractivity contribution in [2.45, 2.75) is 4.90 Å². The number of hydrogen-bond donors (Lipinski definition) is 2. The number of nitrogens with one attached hydrogen (secondary N) is 2. The molecule has 0 heterocycles. The first-order valence-electron chi connectivity index (χ1n) is 8.51. The van der Waals surface area contributed by atoms with Crippen molar-refractivity contribution in [3.8, 4) is 0 Å². The first kappa shape index (κ1) is 22.1. The van der Waals surface area contributed by atoms with Crippen LogP contribution >= 0.6 is 0 Å². The molecule has 10 heteroatoms. The molecule has 0 unspecified atom stereocenters. The van der Waals surface area contributed by atoms with Crippen LogP contribution in [0.25, 0.3) is 0 Å². The summed E-state index contributed by atoms with van der Waals surface area (Å²) in [5, 5.41) is 4.88. The summed E-state index contributed by atoms with van der Waals surface area (Å²) in [7, 11) is -0.724. The molecular formula is C19H21N3O6S. The molecule has 0 spiro atoms. The van der Waals surface area contributed by atoms with E-state index in [1.54, 1.807) is 30.3 Å². The fraction of sp³-hybridized carbons (Fsp3) is 0.211. The second kappa shape index (κ2) is 9.80. The van der Waals surface area contributed by atoms with E-state index in [4.69, 9.17) is 4.74 Å². The number of esters is 1. The topological polar surface area (TPSA) is 122 Å². The van der Waals surface area contributed by atoms with Gasteiger partial charge in [-0.15, -0.1) is 0 Å². The number of nitrogens with zero attached hydrogens (tertiary/aromatic N) is 1. The number of hydrogen-bond acceptors (Lipinski definition) is 6. The Morgan fingerprint density at radius 1 is 0.966 bits per heavy atom. The number of carbonyl (C=O) groups excluding carboxylic acids is 3. The second-order valence-corrected chi connectivity index (χ2v) is 8.22. The highest BCUT2D eigenvalue weighted by Gasteiger charge is 2.17. The minimum absolute atomic E-state index is 0.0843. The van der Waals surface area contributed by atoms with E-state index in [2.05, 4.69) is 10.6 Å². The average Bonchev–Trinajstić information content (AvgIpc) is 2.71. The Balaban J connectivity index is 1.78. The Kier molecular flexibility index (Phi) is 7.46. The standard InChI is InChI=1S/C19H21N3O6S/c1-22(2)29(26,27)16-10-8-15(9-11-16)21-17(23)13-28-18(24)12-20-19(25)14-6-4-3-5-7-14/h3-11H,12-13H2,1-2H3,(H,20,25)(H,21,23). The largest absolute Gasteiger partial charge is 0.454 e. The highest BCUT2D eigenvalue weighted by molar-refractivity contribution is 7.89. The summed E-state index contributed by atoms with van der Waals surface area (Å²) in [5.74, 6) is -1.80. The third-order valence-electron chi connectivity index (χ3n) is 3.71. The molecule has 2 aromatic carbocycles. The molecule has 2 N–H and O–H groups in total. The van der Waals surface area contributed by atoms with Crippen molar-refractivity contribution in [3.63, 3.8) is 0 Å². The maximum absolute atomic E-state index is 12.0.